The van der Waals surface area contributed by atoms with Crippen molar-refractivity contribution < 1.29 is 62.2 Å². The number of ether oxygens (including phenoxy) is 6. The molecular formula is C43H83NO13Si2. The molecule has 3 N–H and O–H groups in total. The van der Waals surface area contributed by atoms with E-state index in [4.69, 9.17) is 37.3 Å². The van der Waals surface area contributed by atoms with Gasteiger partial charge in [0.2, 0.25) is 0 Å². The van der Waals surface area contributed by atoms with E-state index in [0.717, 1.165) is 0 Å². The molecule has 0 saturated carbocycles. The number of hydrogen-bond donors (Lipinski definition) is 3. The highest BCUT2D eigenvalue weighted by Gasteiger charge is 2.54. The van der Waals surface area contributed by atoms with Crippen LogP contribution in [0.3, 0.4) is 0 Å². The Morgan fingerprint density at radius 1 is 0.814 bits per heavy atom. The molecule has 0 amide bonds. The highest BCUT2D eigenvalue weighted by molar-refractivity contribution is 6.70. The van der Waals surface area contributed by atoms with Crippen molar-refractivity contribution in [3.63, 3.8) is 0 Å². The van der Waals surface area contributed by atoms with Crippen LogP contribution < -0.4 is 0 Å². The minimum Gasteiger partial charge on any atom is -0.459 e. The van der Waals surface area contributed by atoms with Crippen LogP contribution in [0.1, 0.15) is 94.9 Å². The molecule has 3 heterocycles. The van der Waals surface area contributed by atoms with Crippen molar-refractivity contribution in [1.29, 1.82) is 0 Å². The lowest BCUT2D eigenvalue weighted by atomic mass is 9.74. The van der Waals surface area contributed by atoms with Crippen molar-refractivity contribution in [2.24, 2.45) is 23.7 Å². The number of carbonyl (C=O) groups is 2. The lowest BCUT2D eigenvalue weighted by Gasteiger charge is -2.51. The van der Waals surface area contributed by atoms with E-state index in [0.29, 0.717) is 6.42 Å². The van der Waals surface area contributed by atoms with Gasteiger partial charge in [-0.25, -0.2) is 0 Å². The summed E-state index contributed by atoms with van der Waals surface area (Å²) in [5.74, 6) is -4.67. The van der Waals surface area contributed by atoms with Gasteiger partial charge in [-0.1, -0.05) is 27.7 Å². The molecule has 0 aromatic rings. The molecule has 0 aromatic heterocycles. The highest BCUT2D eigenvalue weighted by Crippen LogP contribution is 2.42. The van der Waals surface area contributed by atoms with Crippen LogP contribution in [-0.2, 0) is 46.9 Å². The summed E-state index contributed by atoms with van der Waals surface area (Å²) in [6.45, 7) is 30.1. The van der Waals surface area contributed by atoms with Crippen molar-refractivity contribution in [3.8, 4) is 0 Å². The summed E-state index contributed by atoms with van der Waals surface area (Å²) in [5, 5.41) is 36.1. The molecule has 14 nitrogen and oxygen atoms in total. The van der Waals surface area contributed by atoms with E-state index < -0.39 is 118 Å². The minimum absolute atomic E-state index is 0.0733. The number of likely N-dealkylation sites (N-methyl/N-ethyl adjacent to an activating group) is 1. The van der Waals surface area contributed by atoms with Gasteiger partial charge in [0.05, 0.1) is 53.7 Å². The molecule has 3 rings (SSSR count). The first-order chi connectivity index (χ1) is 26.8. The summed E-state index contributed by atoms with van der Waals surface area (Å²) < 4.78 is 52.8. The van der Waals surface area contributed by atoms with Crippen molar-refractivity contribution in [3.05, 3.63) is 0 Å². The van der Waals surface area contributed by atoms with Gasteiger partial charge in [-0.3, -0.25) is 9.59 Å². The number of cyclic esters (lactones) is 1. The van der Waals surface area contributed by atoms with Gasteiger partial charge in [-0.2, -0.15) is 0 Å². The summed E-state index contributed by atoms with van der Waals surface area (Å²) >= 11 is 0. The number of ketones is 1. The molecule has 59 heavy (non-hydrogen) atoms. The normalized spacial score (nSPS) is 45.2. The third-order valence-corrected chi connectivity index (χ3v) is 14.7. The standard InChI is InChI=1S/C43H83NO13Si2/c1-20-31-43(10,49)36(46)26(4)33(45)24(2)22-41(8,48)37(55-40-35(56-58(14,15)16)30(44(11)12)21-25(3)51-40)27(5)34(28(6)39(47)53-31)54-32-23-42(9,50-13)38(29(7)52-32)57-59(17,18)19/h24-32,34-38,40,46,48-49H,20-23H2,1-19H3/t24-,25-,26-,27+,28-,29+,30+,31-,32+,34+,35-,36-,37-,38+,40+,41-,42-,43-/m1/s1. The molecule has 0 radical (unpaired) electrons. The molecule has 3 saturated heterocycles. The zero-order chi connectivity index (χ0) is 45.4. The van der Waals surface area contributed by atoms with Gasteiger partial charge in [-0.15, -0.1) is 0 Å². The molecule has 18 atom stereocenters. The van der Waals surface area contributed by atoms with Crippen LogP contribution in [-0.4, -0.2) is 154 Å². The van der Waals surface area contributed by atoms with Gasteiger partial charge in [0.25, 0.3) is 0 Å². The van der Waals surface area contributed by atoms with Gasteiger partial charge >= 0.3 is 5.97 Å². The molecule has 0 aliphatic carbocycles. The smallest absolute Gasteiger partial charge is 0.311 e. The molecule has 0 aromatic carbocycles. The second-order valence-corrected chi connectivity index (χ2v) is 29.8. The van der Waals surface area contributed by atoms with Crippen LogP contribution in [0, 0.1) is 23.7 Å². The third-order valence-electron chi connectivity index (χ3n) is 12.7. The van der Waals surface area contributed by atoms with E-state index >= 15 is 0 Å². The molecule has 0 unspecified atom stereocenters. The van der Waals surface area contributed by atoms with E-state index in [9.17, 15) is 24.9 Å². The first kappa shape index (κ1) is 52.5. The Labute approximate surface area is 357 Å². The second kappa shape index (κ2) is 19.9. The zero-order valence-corrected chi connectivity index (χ0v) is 41.9. The number of Topliss-reactive ketones (excluding diaryl/α,β-unsaturated/α-hetero) is 1. The SMILES string of the molecule is CC[C@H]1OC(=O)[C@H](C)[C@@H](O[C@H]2C[C@@](C)(OC)[C@@H](O[Si](C)(C)C)[C@H](C)O2)[C@H](C)[C@@H](O[C@@H]2O[C@H](C)C[C@H](N(C)C)[C@H]2O[Si](C)(C)C)[C@](C)(O)C[C@@H](C)C(=O)[C@@H](C)[C@@H](O)[C@]1(C)O. The number of aliphatic hydroxyl groups is 3. The summed E-state index contributed by atoms with van der Waals surface area (Å²) in [4.78, 5) is 30.6. The summed E-state index contributed by atoms with van der Waals surface area (Å²) in [7, 11) is 1.40. The Hall–Kier alpha value is -0.866. The lowest BCUT2D eigenvalue weighted by molar-refractivity contribution is -0.315. The highest BCUT2D eigenvalue weighted by atomic mass is 28.4. The Kier molecular flexibility index (Phi) is 17.7. The Morgan fingerprint density at radius 3 is 1.90 bits per heavy atom. The number of esters is 1. The fourth-order valence-electron chi connectivity index (χ4n) is 9.52. The average molecular weight is 878 g/mol. The Balaban J connectivity index is 2.25. The molecule has 346 valence electrons. The quantitative estimate of drug-likeness (QED) is 0.176. The maximum Gasteiger partial charge on any atom is 0.311 e. The molecular weight excluding hydrogens is 795 g/mol. The summed E-state index contributed by atoms with van der Waals surface area (Å²) in [5.41, 5.74) is -4.53. The molecule has 16 heteroatoms. The Morgan fingerprint density at radius 2 is 1.39 bits per heavy atom. The second-order valence-electron chi connectivity index (χ2n) is 20.9. The van der Waals surface area contributed by atoms with Gasteiger partial charge in [-0.05, 0) is 114 Å². The fraction of sp³-hybridized carbons (Fsp3) is 0.953. The van der Waals surface area contributed by atoms with E-state index in [1.54, 1.807) is 41.7 Å². The molecule has 3 aliphatic rings. The van der Waals surface area contributed by atoms with Crippen molar-refractivity contribution >= 4 is 28.4 Å². The van der Waals surface area contributed by atoms with E-state index in [1.165, 1.54) is 6.92 Å². The molecule has 3 fully saturated rings. The zero-order valence-electron chi connectivity index (χ0n) is 39.9. The van der Waals surface area contributed by atoms with Gasteiger partial charge in [0.1, 0.15) is 23.6 Å². The topological polar surface area (TPSA) is 172 Å². The number of hydrogen-bond acceptors (Lipinski definition) is 14. The van der Waals surface area contributed by atoms with Crippen LogP contribution in [0.4, 0.5) is 0 Å². The fourth-order valence-corrected chi connectivity index (χ4v) is 11.8. The lowest BCUT2D eigenvalue weighted by Crippen LogP contribution is -2.62. The summed E-state index contributed by atoms with van der Waals surface area (Å²) in [6.07, 6.45) is -7.22. The number of aliphatic hydroxyl groups excluding tert-OH is 1. The first-order valence-corrected chi connectivity index (χ1v) is 28.7. The molecule has 3 aliphatic heterocycles. The van der Waals surface area contributed by atoms with Gasteiger partial charge in [0.15, 0.2) is 29.2 Å². The van der Waals surface area contributed by atoms with Crippen LogP contribution in [0.2, 0.25) is 39.3 Å². The minimum atomic E-state index is -2.19. The number of methoxy groups -OCH3 is 1. The average Bonchev–Trinajstić information content (AvgIpc) is 3.10. The van der Waals surface area contributed by atoms with Gasteiger partial charge < -0.3 is 57.5 Å². The number of nitrogens with zero attached hydrogens (tertiary/aromatic N) is 1. The van der Waals surface area contributed by atoms with Gasteiger partial charge in [0, 0.05) is 37.3 Å². The first-order valence-electron chi connectivity index (χ1n) is 21.9. The molecule has 0 spiro atoms. The van der Waals surface area contributed by atoms with Crippen LogP contribution >= 0.6 is 0 Å². The van der Waals surface area contributed by atoms with Crippen LogP contribution in [0.25, 0.3) is 0 Å². The van der Waals surface area contributed by atoms with E-state index in [-0.39, 0.29) is 37.2 Å². The van der Waals surface area contributed by atoms with Crippen LogP contribution in [0.5, 0.6) is 0 Å². The molecule has 0 bridgehead atoms. The van der Waals surface area contributed by atoms with Crippen molar-refractivity contribution in [2.75, 3.05) is 21.2 Å². The number of rotatable bonds is 11. The van der Waals surface area contributed by atoms with Crippen molar-refractivity contribution in [1.82, 2.24) is 4.90 Å². The largest absolute Gasteiger partial charge is 0.459 e. The summed E-state index contributed by atoms with van der Waals surface area (Å²) in [6, 6.07) is -0.0769. The monoisotopic (exact) mass is 878 g/mol. The van der Waals surface area contributed by atoms with Crippen LogP contribution in [0.15, 0.2) is 0 Å². The number of carbonyl (C=O) groups excluding carboxylic acids is 2. The van der Waals surface area contributed by atoms with Crippen molar-refractivity contribution in [2.45, 2.75) is 218 Å². The predicted molar refractivity (Wildman–Crippen MR) is 231 cm³/mol. The predicted octanol–water partition coefficient (Wildman–Crippen LogP) is 5.50. The Bertz CT molecular complexity index is 1390. The third kappa shape index (κ3) is 12.9. The van der Waals surface area contributed by atoms with E-state index in [2.05, 4.69) is 44.2 Å². The maximum absolute atomic E-state index is 14.4. The van der Waals surface area contributed by atoms with E-state index in [1.807, 2.05) is 41.8 Å². The maximum atomic E-state index is 14.4.